The third-order valence-electron chi connectivity index (χ3n) is 5.17. The minimum atomic E-state index is -0.117. The van der Waals surface area contributed by atoms with Crippen LogP contribution in [0.2, 0.25) is 0 Å². The van der Waals surface area contributed by atoms with Crippen LogP contribution in [-0.2, 0) is 9.59 Å². The molecule has 2 fully saturated rings. The van der Waals surface area contributed by atoms with Crippen molar-refractivity contribution in [3.63, 3.8) is 0 Å². The number of carbonyl (C=O) groups is 2. The highest BCUT2D eigenvalue weighted by Crippen LogP contribution is 2.20. The molecule has 0 bridgehead atoms. The molecule has 2 amide bonds. The first kappa shape index (κ1) is 17.7. The minimum absolute atomic E-state index is 0.0919. The summed E-state index contributed by atoms with van der Waals surface area (Å²) in [4.78, 5) is 30.5. The second kappa shape index (κ2) is 8.30. The Morgan fingerprint density at radius 3 is 2.52 bits per heavy atom. The summed E-state index contributed by atoms with van der Waals surface area (Å²) >= 11 is 0. The maximum atomic E-state index is 12.6. The van der Waals surface area contributed by atoms with E-state index in [1.54, 1.807) is 4.90 Å². The van der Waals surface area contributed by atoms with E-state index in [0.29, 0.717) is 13.0 Å². The summed E-state index contributed by atoms with van der Waals surface area (Å²) in [7, 11) is 1.81. The van der Waals surface area contributed by atoms with Gasteiger partial charge in [-0.2, -0.15) is 0 Å². The summed E-state index contributed by atoms with van der Waals surface area (Å²) in [5.41, 5.74) is 1.21. The molecule has 0 aromatic heterocycles. The van der Waals surface area contributed by atoms with E-state index in [1.165, 1.54) is 5.56 Å². The Bertz CT molecular complexity index is 621. The van der Waals surface area contributed by atoms with Crippen molar-refractivity contribution >= 4 is 17.9 Å². The van der Waals surface area contributed by atoms with Gasteiger partial charge in [0.05, 0.1) is 0 Å². The van der Waals surface area contributed by atoms with Crippen molar-refractivity contribution in [2.24, 2.45) is 5.92 Å². The van der Waals surface area contributed by atoms with Gasteiger partial charge in [0.2, 0.25) is 11.8 Å². The lowest BCUT2D eigenvalue weighted by atomic mass is 9.94. The first-order chi connectivity index (χ1) is 12.1. The molecule has 0 aliphatic carbocycles. The zero-order valence-electron chi connectivity index (χ0n) is 14.9. The molecule has 2 aliphatic rings. The zero-order chi connectivity index (χ0) is 17.6. The molecule has 2 heterocycles. The van der Waals surface area contributed by atoms with Gasteiger partial charge in [-0.3, -0.25) is 14.5 Å². The lowest BCUT2D eigenvalue weighted by Gasteiger charge is -2.37. The third-order valence-corrected chi connectivity index (χ3v) is 5.17. The second-order valence-electron chi connectivity index (χ2n) is 6.94. The van der Waals surface area contributed by atoms with Crippen LogP contribution in [-0.4, -0.2) is 72.8 Å². The predicted molar refractivity (Wildman–Crippen MR) is 98.9 cm³/mol. The highest BCUT2D eigenvalue weighted by atomic mass is 16.2. The summed E-state index contributed by atoms with van der Waals surface area (Å²) < 4.78 is 0. The van der Waals surface area contributed by atoms with E-state index in [0.717, 1.165) is 39.1 Å². The molecule has 1 aromatic rings. The molecule has 1 aromatic carbocycles. The molecule has 134 valence electrons. The highest BCUT2D eigenvalue weighted by Gasteiger charge is 2.32. The number of carbonyl (C=O) groups excluding carboxylic acids is 2. The van der Waals surface area contributed by atoms with Crippen LogP contribution in [0.5, 0.6) is 0 Å². The molecule has 0 unspecified atom stereocenters. The van der Waals surface area contributed by atoms with Crippen LogP contribution in [0.3, 0.4) is 0 Å². The Labute approximate surface area is 149 Å². The third kappa shape index (κ3) is 4.69. The molecule has 5 heteroatoms. The van der Waals surface area contributed by atoms with Gasteiger partial charge in [-0.25, -0.2) is 0 Å². The minimum Gasteiger partial charge on any atom is -0.346 e. The maximum Gasteiger partial charge on any atom is 0.226 e. The summed E-state index contributed by atoms with van der Waals surface area (Å²) in [6.07, 6.45) is 5.49. The number of piperazine rings is 1. The number of likely N-dealkylation sites (tertiary alicyclic amines) is 1. The Morgan fingerprint density at radius 2 is 1.84 bits per heavy atom. The Kier molecular flexibility index (Phi) is 5.87. The summed E-state index contributed by atoms with van der Waals surface area (Å²) in [6.45, 7) is 4.91. The van der Waals surface area contributed by atoms with Crippen LogP contribution >= 0.6 is 0 Å². The fourth-order valence-electron chi connectivity index (χ4n) is 3.46. The smallest absolute Gasteiger partial charge is 0.226 e. The fraction of sp³-hybridized carbons (Fsp3) is 0.500. The quantitative estimate of drug-likeness (QED) is 0.837. The van der Waals surface area contributed by atoms with Gasteiger partial charge in [-0.15, -0.1) is 0 Å². The Morgan fingerprint density at radius 1 is 1.12 bits per heavy atom. The average Bonchev–Trinajstić information content (AvgIpc) is 2.65. The summed E-state index contributed by atoms with van der Waals surface area (Å²) in [5.74, 6) is 0.142. The molecule has 3 rings (SSSR count). The highest BCUT2D eigenvalue weighted by molar-refractivity contribution is 5.87. The van der Waals surface area contributed by atoms with Crippen LogP contribution in [0.15, 0.2) is 36.4 Å². The van der Waals surface area contributed by atoms with Crippen molar-refractivity contribution in [3.8, 4) is 0 Å². The number of benzene rings is 1. The largest absolute Gasteiger partial charge is 0.346 e. The summed E-state index contributed by atoms with van der Waals surface area (Å²) in [5, 5.41) is 0. The average molecular weight is 341 g/mol. The van der Waals surface area contributed by atoms with E-state index in [9.17, 15) is 9.59 Å². The van der Waals surface area contributed by atoms with E-state index in [4.69, 9.17) is 0 Å². The molecule has 1 atom stereocenters. The van der Waals surface area contributed by atoms with Gasteiger partial charge in [0.25, 0.3) is 0 Å². The van der Waals surface area contributed by atoms with Gasteiger partial charge in [-0.1, -0.05) is 42.5 Å². The van der Waals surface area contributed by atoms with E-state index in [2.05, 4.69) is 29.2 Å². The Hall–Kier alpha value is -2.14. The number of hydrogen-bond acceptors (Lipinski definition) is 3. The van der Waals surface area contributed by atoms with Crippen LogP contribution in [0.4, 0.5) is 0 Å². The molecule has 5 nitrogen and oxygen atoms in total. The molecular formula is C20H27N3O2. The van der Waals surface area contributed by atoms with Crippen molar-refractivity contribution in [1.29, 1.82) is 0 Å². The van der Waals surface area contributed by atoms with Gasteiger partial charge >= 0.3 is 0 Å². The van der Waals surface area contributed by atoms with Crippen LogP contribution in [0, 0.1) is 5.92 Å². The first-order valence-corrected chi connectivity index (χ1v) is 9.10. The van der Waals surface area contributed by atoms with E-state index >= 15 is 0 Å². The Balaban J connectivity index is 1.43. The van der Waals surface area contributed by atoms with Gasteiger partial charge in [0.15, 0.2) is 0 Å². The van der Waals surface area contributed by atoms with Gasteiger partial charge in [0.1, 0.15) is 0 Å². The van der Waals surface area contributed by atoms with E-state index in [-0.39, 0.29) is 17.7 Å². The van der Waals surface area contributed by atoms with Crippen molar-refractivity contribution in [1.82, 2.24) is 14.7 Å². The number of hydrogen-bond donors (Lipinski definition) is 0. The number of nitrogens with zero attached hydrogens (tertiary/aromatic N) is 3. The molecule has 2 aliphatic heterocycles. The predicted octanol–water partition coefficient (Wildman–Crippen LogP) is 1.71. The maximum absolute atomic E-state index is 12.6. The molecule has 0 radical (unpaired) electrons. The van der Waals surface area contributed by atoms with Crippen molar-refractivity contribution in [3.05, 3.63) is 42.0 Å². The molecule has 0 spiro atoms. The van der Waals surface area contributed by atoms with Crippen molar-refractivity contribution in [2.75, 3.05) is 46.3 Å². The topological polar surface area (TPSA) is 43.9 Å². The van der Waals surface area contributed by atoms with Gasteiger partial charge in [-0.05, 0) is 12.0 Å². The molecule has 2 saturated heterocycles. The molecule has 0 saturated carbocycles. The van der Waals surface area contributed by atoms with Crippen LogP contribution in [0.1, 0.15) is 18.4 Å². The lowest BCUT2D eigenvalue weighted by Crippen LogP contribution is -2.51. The van der Waals surface area contributed by atoms with Crippen molar-refractivity contribution < 1.29 is 9.59 Å². The normalized spacial score (nSPS) is 22.6. The second-order valence-corrected chi connectivity index (χ2v) is 6.94. The molecular weight excluding hydrogens is 314 g/mol. The molecule has 25 heavy (non-hydrogen) atoms. The van der Waals surface area contributed by atoms with Crippen LogP contribution < -0.4 is 0 Å². The zero-order valence-corrected chi connectivity index (χ0v) is 14.9. The molecule has 0 N–H and O–H groups in total. The van der Waals surface area contributed by atoms with Gasteiger partial charge in [0, 0.05) is 58.7 Å². The van der Waals surface area contributed by atoms with E-state index in [1.807, 2.05) is 30.1 Å². The van der Waals surface area contributed by atoms with E-state index < -0.39 is 0 Å². The van der Waals surface area contributed by atoms with Crippen LogP contribution in [0.25, 0.3) is 6.08 Å². The fourth-order valence-corrected chi connectivity index (χ4v) is 3.46. The number of amides is 2. The summed E-state index contributed by atoms with van der Waals surface area (Å²) in [6, 6.07) is 10.3. The lowest BCUT2D eigenvalue weighted by molar-refractivity contribution is -0.145. The SMILES string of the molecule is CN1CC[C@@H](C(=O)N2CCN(C/C=C/c3ccccc3)CC2)CC1=O. The number of rotatable bonds is 4. The van der Waals surface area contributed by atoms with Gasteiger partial charge < -0.3 is 9.80 Å². The van der Waals surface area contributed by atoms with Crippen molar-refractivity contribution in [2.45, 2.75) is 12.8 Å². The monoisotopic (exact) mass is 341 g/mol. The first-order valence-electron chi connectivity index (χ1n) is 9.10. The number of piperidine rings is 1. The standard InChI is InChI=1S/C20H27N3O2/c1-21-11-9-18(16-19(21)24)20(25)23-14-12-22(13-15-23)10-5-8-17-6-3-2-4-7-17/h2-8,18H,9-16H2,1H3/b8-5+/t18-/m1/s1.